The number of piperidine rings is 1. The summed E-state index contributed by atoms with van der Waals surface area (Å²) in [5.74, 6) is 1.09. The van der Waals surface area contributed by atoms with Crippen LogP contribution in [0, 0.1) is 0 Å². The predicted molar refractivity (Wildman–Crippen MR) is 106 cm³/mol. The second kappa shape index (κ2) is 5.83. The molecule has 6 rings (SSSR count). The van der Waals surface area contributed by atoms with Crippen LogP contribution in [0.5, 0.6) is 5.75 Å². The Morgan fingerprint density at radius 1 is 1.00 bits per heavy atom. The SMILES string of the molecule is c1cc2ccc(-c3ccc4c(c3)CC3(CCN(C5CCC5)CC3)O4)cn2n1. The molecule has 1 aliphatic carbocycles. The molecular formula is C23H25N3O. The summed E-state index contributed by atoms with van der Waals surface area (Å²) in [7, 11) is 0. The Morgan fingerprint density at radius 3 is 2.67 bits per heavy atom. The van der Waals surface area contributed by atoms with E-state index in [1.807, 2.05) is 16.8 Å². The van der Waals surface area contributed by atoms with E-state index < -0.39 is 0 Å². The Labute approximate surface area is 159 Å². The molecule has 3 aliphatic rings. The van der Waals surface area contributed by atoms with Gasteiger partial charge in [0.15, 0.2) is 0 Å². The smallest absolute Gasteiger partial charge is 0.123 e. The van der Waals surface area contributed by atoms with Gasteiger partial charge in [0.2, 0.25) is 0 Å². The number of nitrogens with zero attached hydrogens (tertiary/aromatic N) is 3. The van der Waals surface area contributed by atoms with Crippen LogP contribution in [-0.4, -0.2) is 39.2 Å². The van der Waals surface area contributed by atoms with Crippen molar-refractivity contribution in [2.24, 2.45) is 0 Å². The lowest BCUT2D eigenvalue weighted by molar-refractivity contribution is -0.00746. The fraction of sp³-hybridized carbons (Fsp3) is 0.435. The Balaban J connectivity index is 1.24. The summed E-state index contributed by atoms with van der Waals surface area (Å²) in [5, 5.41) is 4.37. The highest BCUT2D eigenvalue weighted by Gasteiger charge is 2.43. The average Bonchev–Trinajstić information content (AvgIpc) is 3.25. The number of hydrogen-bond acceptors (Lipinski definition) is 3. The van der Waals surface area contributed by atoms with Crippen LogP contribution in [-0.2, 0) is 6.42 Å². The van der Waals surface area contributed by atoms with E-state index in [0.717, 1.165) is 36.6 Å². The van der Waals surface area contributed by atoms with Gasteiger partial charge in [-0.3, -0.25) is 0 Å². The number of fused-ring (bicyclic) bond motifs is 2. The van der Waals surface area contributed by atoms with Crippen LogP contribution < -0.4 is 4.74 Å². The zero-order valence-electron chi connectivity index (χ0n) is 15.6. The van der Waals surface area contributed by atoms with Crippen molar-refractivity contribution in [3.63, 3.8) is 0 Å². The summed E-state index contributed by atoms with van der Waals surface area (Å²) in [6, 6.07) is 13.9. The maximum Gasteiger partial charge on any atom is 0.123 e. The van der Waals surface area contributed by atoms with Gasteiger partial charge in [-0.25, -0.2) is 4.52 Å². The molecule has 4 heterocycles. The second-order valence-corrected chi connectivity index (χ2v) is 8.52. The van der Waals surface area contributed by atoms with Gasteiger partial charge in [0.25, 0.3) is 0 Å². The number of pyridine rings is 1. The first-order valence-electron chi connectivity index (χ1n) is 10.3. The first-order valence-corrected chi connectivity index (χ1v) is 10.3. The Morgan fingerprint density at radius 2 is 1.85 bits per heavy atom. The molecule has 0 radical (unpaired) electrons. The molecule has 1 aromatic carbocycles. The molecule has 2 aromatic heterocycles. The molecule has 1 spiro atoms. The Bertz CT molecular complexity index is 996. The molecule has 2 fully saturated rings. The lowest BCUT2D eigenvalue weighted by atomic mass is 9.83. The molecular weight excluding hydrogens is 334 g/mol. The van der Waals surface area contributed by atoms with Crippen molar-refractivity contribution < 1.29 is 4.74 Å². The highest BCUT2D eigenvalue weighted by atomic mass is 16.5. The highest BCUT2D eigenvalue weighted by molar-refractivity contribution is 5.67. The van der Waals surface area contributed by atoms with E-state index in [1.165, 1.54) is 49.0 Å². The normalized spacial score (nSPS) is 21.9. The van der Waals surface area contributed by atoms with Crippen LogP contribution in [0.25, 0.3) is 16.6 Å². The highest BCUT2D eigenvalue weighted by Crippen LogP contribution is 2.43. The van der Waals surface area contributed by atoms with E-state index in [0.29, 0.717) is 0 Å². The summed E-state index contributed by atoms with van der Waals surface area (Å²) in [6.07, 6.45) is 11.5. The van der Waals surface area contributed by atoms with Gasteiger partial charge in [-0.1, -0.05) is 18.6 Å². The van der Waals surface area contributed by atoms with Gasteiger partial charge in [-0.05, 0) is 48.2 Å². The molecule has 0 N–H and O–H groups in total. The van der Waals surface area contributed by atoms with E-state index in [2.05, 4.69) is 46.5 Å². The van der Waals surface area contributed by atoms with Crippen molar-refractivity contribution in [2.45, 2.75) is 50.2 Å². The van der Waals surface area contributed by atoms with Crippen molar-refractivity contribution in [3.05, 3.63) is 54.4 Å². The number of likely N-dealkylation sites (tertiary alicyclic amines) is 1. The quantitative estimate of drug-likeness (QED) is 0.682. The van der Waals surface area contributed by atoms with Gasteiger partial charge in [-0.2, -0.15) is 5.10 Å². The zero-order valence-corrected chi connectivity index (χ0v) is 15.6. The summed E-state index contributed by atoms with van der Waals surface area (Å²) >= 11 is 0. The van der Waals surface area contributed by atoms with Crippen molar-refractivity contribution in [3.8, 4) is 16.9 Å². The molecule has 4 heteroatoms. The van der Waals surface area contributed by atoms with Crippen LogP contribution in [0.3, 0.4) is 0 Å². The van der Waals surface area contributed by atoms with E-state index in [4.69, 9.17) is 4.74 Å². The minimum atomic E-state index is 0.0349. The van der Waals surface area contributed by atoms with Gasteiger partial charge < -0.3 is 9.64 Å². The van der Waals surface area contributed by atoms with Gasteiger partial charge in [0.05, 0.1) is 5.52 Å². The van der Waals surface area contributed by atoms with Crippen molar-refractivity contribution in [2.75, 3.05) is 13.1 Å². The average molecular weight is 359 g/mol. The topological polar surface area (TPSA) is 29.8 Å². The molecule has 4 nitrogen and oxygen atoms in total. The molecule has 0 bridgehead atoms. The van der Waals surface area contributed by atoms with Crippen molar-refractivity contribution in [1.29, 1.82) is 0 Å². The summed E-state index contributed by atoms with van der Waals surface area (Å²) in [5.41, 5.74) is 4.98. The minimum Gasteiger partial charge on any atom is -0.487 e. The number of ether oxygens (including phenoxy) is 1. The first kappa shape index (κ1) is 15.7. The van der Waals surface area contributed by atoms with Crippen LogP contribution >= 0.6 is 0 Å². The molecule has 138 valence electrons. The number of rotatable bonds is 2. The van der Waals surface area contributed by atoms with E-state index in [9.17, 15) is 0 Å². The van der Waals surface area contributed by atoms with Gasteiger partial charge >= 0.3 is 0 Å². The van der Waals surface area contributed by atoms with Crippen LogP contribution in [0.15, 0.2) is 48.8 Å². The Hall–Kier alpha value is -2.33. The minimum absolute atomic E-state index is 0.0349. The third kappa shape index (κ3) is 2.58. The van der Waals surface area contributed by atoms with Crippen LogP contribution in [0.1, 0.15) is 37.7 Å². The maximum atomic E-state index is 6.52. The standard InChI is InChI=1S/C23H25N3O/c1-2-20(3-1)25-12-9-23(10-13-25)15-19-14-17(5-7-22(19)27-23)18-4-6-21-8-11-24-26(21)16-18/h4-8,11,14,16,20H,1-3,9-10,12-13,15H2. The largest absolute Gasteiger partial charge is 0.487 e. The third-order valence-electron chi connectivity index (χ3n) is 6.93. The fourth-order valence-electron chi connectivity index (χ4n) is 5.03. The maximum absolute atomic E-state index is 6.52. The summed E-state index contributed by atoms with van der Waals surface area (Å²) in [4.78, 5) is 2.70. The van der Waals surface area contributed by atoms with Crippen LogP contribution in [0.4, 0.5) is 0 Å². The second-order valence-electron chi connectivity index (χ2n) is 8.52. The van der Waals surface area contributed by atoms with Crippen LogP contribution in [0.2, 0.25) is 0 Å². The molecule has 0 amide bonds. The lowest BCUT2D eigenvalue weighted by Crippen LogP contribution is -2.52. The summed E-state index contributed by atoms with van der Waals surface area (Å²) in [6.45, 7) is 2.39. The molecule has 2 aliphatic heterocycles. The van der Waals surface area contributed by atoms with Gasteiger partial charge in [0, 0.05) is 56.4 Å². The molecule has 1 saturated carbocycles. The van der Waals surface area contributed by atoms with Gasteiger partial charge in [-0.15, -0.1) is 0 Å². The van der Waals surface area contributed by atoms with E-state index >= 15 is 0 Å². The Kier molecular flexibility index (Phi) is 3.39. The molecule has 0 unspecified atom stereocenters. The zero-order chi connectivity index (χ0) is 17.8. The van der Waals surface area contributed by atoms with Gasteiger partial charge in [0.1, 0.15) is 11.4 Å². The summed E-state index contributed by atoms with van der Waals surface area (Å²) < 4.78 is 8.46. The predicted octanol–water partition coefficient (Wildman–Crippen LogP) is 4.32. The van der Waals surface area contributed by atoms with E-state index in [1.54, 1.807) is 0 Å². The fourth-order valence-corrected chi connectivity index (χ4v) is 5.03. The number of benzene rings is 1. The van der Waals surface area contributed by atoms with Crippen molar-refractivity contribution >= 4 is 5.52 Å². The monoisotopic (exact) mass is 359 g/mol. The number of hydrogen-bond donors (Lipinski definition) is 0. The molecule has 3 aromatic rings. The van der Waals surface area contributed by atoms with E-state index in [-0.39, 0.29) is 5.60 Å². The molecule has 1 saturated heterocycles. The number of aromatic nitrogens is 2. The van der Waals surface area contributed by atoms with Crippen molar-refractivity contribution in [1.82, 2.24) is 14.5 Å². The third-order valence-corrected chi connectivity index (χ3v) is 6.93. The molecule has 27 heavy (non-hydrogen) atoms. The first-order chi connectivity index (χ1) is 13.3. The lowest BCUT2D eigenvalue weighted by Gasteiger charge is -2.45. The molecule has 0 atom stereocenters.